The van der Waals surface area contributed by atoms with Gasteiger partial charge in [-0.15, -0.1) is 0 Å². The number of aryl methyl sites for hydroxylation is 1. The van der Waals surface area contributed by atoms with Gasteiger partial charge in [0.05, 0.1) is 0 Å². The number of rotatable bonds is 4. The molecule has 0 bridgehead atoms. The zero-order chi connectivity index (χ0) is 18.5. The number of para-hydroxylation sites is 1. The van der Waals surface area contributed by atoms with E-state index in [4.69, 9.17) is 0 Å². The van der Waals surface area contributed by atoms with Crippen molar-refractivity contribution in [3.05, 3.63) is 65.2 Å². The molecule has 1 heterocycles. The van der Waals surface area contributed by atoms with Crippen molar-refractivity contribution in [3.63, 3.8) is 0 Å². The standard InChI is InChI=1S/C23H30N2O/c1-17(2)21-11-7-8-18(3)22(21)24-23(26)25-14-12-20(13-15-25)16-19-9-5-4-6-10-19/h4-11,17,20H,12-16H2,1-3H3,(H,24,26). The fourth-order valence-electron chi connectivity index (χ4n) is 3.82. The van der Waals surface area contributed by atoms with Crippen LogP contribution < -0.4 is 5.32 Å². The van der Waals surface area contributed by atoms with Gasteiger partial charge in [0.1, 0.15) is 0 Å². The Balaban J connectivity index is 1.58. The minimum absolute atomic E-state index is 0.0411. The maximum Gasteiger partial charge on any atom is 0.321 e. The second kappa shape index (κ2) is 8.39. The van der Waals surface area contributed by atoms with Gasteiger partial charge in [-0.2, -0.15) is 0 Å². The van der Waals surface area contributed by atoms with Crippen LogP contribution in [0.1, 0.15) is 49.3 Å². The number of carbonyl (C=O) groups excluding carboxylic acids is 1. The number of anilines is 1. The van der Waals surface area contributed by atoms with Crippen molar-refractivity contribution < 1.29 is 4.79 Å². The van der Waals surface area contributed by atoms with Crippen molar-refractivity contribution in [1.29, 1.82) is 0 Å². The number of hydrogen-bond donors (Lipinski definition) is 1. The maximum absolute atomic E-state index is 12.8. The lowest BCUT2D eigenvalue weighted by Gasteiger charge is -2.32. The van der Waals surface area contributed by atoms with E-state index < -0.39 is 0 Å². The van der Waals surface area contributed by atoms with Gasteiger partial charge in [-0.25, -0.2) is 4.79 Å². The Morgan fingerprint density at radius 3 is 2.42 bits per heavy atom. The highest BCUT2D eigenvalue weighted by Gasteiger charge is 2.24. The smallest absolute Gasteiger partial charge is 0.321 e. The van der Waals surface area contributed by atoms with E-state index >= 15 is 0 Å². The molecule has 1 N–H and O–H groups in total. The van der Waals surface area contributed by atoms with Gasteiger partial charge in [-0.05, 0) is 54.7 Å². The van der Waals surface area contributed by atoms with Crippen molar-refractivity contribution in [1.82, 2.24) is 4.90 Å². The number of benzene rings is 2. The minimum atomic E-state index is 0.0411. The number of urea groups is 1. The molecule has 0 radical (unpaired) electrons. The van der Waals surface area contributed by atoms with Crippen molar-refractivity contribution in [2.75, 3.05) is 18.4 Å². The van der Waals surface area contributed by atoms with Gasteiger partial charge in [-0.3, -0.25) is 0 Å². The molecule has 0 atom stereocenters. The fraction of sp³-hybridized carbons (Fsp3) is 0.435. The van der Waals surface area contributed by atoms with Gasteiger partial charge in [0.2, 0.25) is 0 Å². The Hall–Kier alpha value is -2.29. The van der Waals surface area contributed by atoms with Crippen molar-refractivity contribution in [3.8, 4) is 0 Å². The van der Waals surface area contributed by atoms with Crippen LogP contribution >= 0.6 is 0 Å². The fourth-order valence-corrected chi connectivity index (χ4v) is 3.82. The molecule has 1 aliphatic rings. The summed E-state index contributed by atoms with van der Waals surface area (Å²) in [5.41, 5.74) is 4.72. The number of likely N-dealkylation sites (tertiary alicyclic amines) is 1. The van der Waals surface area contributed by atoms with Gasteiger partial charge in [0, 0.05) is 18.8 Å². The number of nitrogens with one attached hydrogen (secondary N) is 1. The molecule has 1 saturated heterocycles. The number of nitrogens with zero attached hydrogens (tertiary/aromatic N) is 1. The lowest BCUT2D eigenvalue weighted by Crippen LogP contribution is -2.41. The van der Waals surface area contributed by atoms with Crippen LogP contribution in [0.25, 0.3) is 0 Å². The summed E-state index contributed by atoms with van der Waals surface area (Å²) in [4.78, 5) is 14.7. The highest BCUT2D eigenvalue weighted by molar-refractivity contribution is 5.91. The summed E-state index contributed by atoms with van der Waals surface area (Å²) in [5.74, 6) is 1.06. The Bertz CT molecular complexity index is 731. The third-order valence-corrected chi connectivity index (χ3v) is 5.43. The average molecular weight is 351 g/mol. The first-order valence-corrected chi connectivity index (χ1v) is 9.74. The molecule has 26 heavy (non-hydrogen) atoms. The Labute approximate surface area is 157 Å². The SMILES string of the molecule is Cc1cccc(C(C)C)c1NC(=O)N1CCC(Cc2ccccc2)CC1. The molecule has 1 aliphatic heterocycles. The highest BCUT2D eigenvalue weighted by Crippen LogP contribution is 2.28. The first-order valence-electron chi connectivity index (χ1n) is 9.74. The van der Waals surface area contributed by atoms with E-state index in [-0.39, 0.29) is 6.03 Å². The zero-order valence-corrected chi connectivity index (χ0v) is 16.2. The topological polar surface area (TPSA) is 32.3 Å². The molecule has 0 saturated carbocycles. The minimum Gasteiger partial charge on any atom is -0.325 e. The zero-order valence-electron chi connectivity index (χ0n) is 16.2. The molecule has 0 aliphatic carbocycles. The van der Waals surface area contributed by atoms with Gasteiger partial charge >= 0.3 is 6.03 Å². The van der Waals surface area contributed by atoms with Crippen molar-refractivity contribution in [2.45, 2.75) is 46.0 Å². The molecule has 2 aromatic rings. The maximum atomic E-state index is 12.8. The molecule has 0 spiro atoms. The van der Waals surface area contributed by atoms with Crippen LogP contribution in [0.3, 0.4) is 0 Å². The van der Waals surface area contributed by atoms with Crippen molar-refractivity contribution in [2.24, 2.45) is 5.92 Å². The summed E-state index contributed by atoms with van der Waals surface area (Å²) in [7, 11) is 0. The molecule has 1 fully saturated rings. The summed E-state index contributed by atoms with van der Waals surface area (Å²) in [6.07, 6.45) is 3.27. The third kappa shape index (κ3) is 4.46. The predicted octanol–water partition coefficient (Wildman–Crippen LogP) is 5.61. The second-order valence-corrected chi connectivity index (χ2v) is 7.74. The summed E-state index contributed by atoms with van der Waals surface area (Å²) in [6.45, 7) is 8.07. The molecule has 0 unspecified atom stereocenters. The van der Waals surface area contributed by atoms with E-state index in [1.807, 2.05) is 4.90 Å². The van der Waals surface area contributed by atoms with E-state index in [1.54, 1.807) is 0 Å². The Kier molecular flexibility index (Phi) is 5.97. The summed E-state index contributed by atoms with van der Waals surface area (Å²) < 4.78 is 0. The number of piperidine rings is 1. The summed E-state index contributed by atoms with van der Waals surface area (Å²) >= 11 is 0. The van der Waals surface area contributed by atoms with Crippen LogP contribution in [-0.2, 0) is 6.42 Å². The van der Waals surface area contributed by atoms with Crippen LogP contribution in [0, 0.1) is 12.8 Å². The van der Waals surface area contributed by atoms with Gasteiger partial charge < -0.3 is 10.2 Å². The Morgan fingerprint density at radius 1 is 1.08 bits per heavy atom. The van der Waals surface area contributed by atoms with Crippen LogP contribution in [0.15, 0.2) is 48.5 Å². The van der Waals surface area contributed by atoms with Crippen molar-refractivity contribution >= 4 is 11.7 Å². The van der Waals surface area contributed by atoms with E-state index in [0.717, 1.165) is 43.6 Å². The van der Waals surface area contributed by atoms with E-state index in [0.29, 0.717) is 11.8 Å². The molecule has 2 amide bonds. The molecule has 138 valence electrons. The Morgan fingerprint density at radius 2 is 1.77 bits per heavy atom. The average Bonchev–Trinajstić information content (AvgIpc) is 2.64. The largest absolute Gasteiger partial charge is 0.325 e. The van der Waals surface area contributed by atoms with Gasteiger partial charge in [0.15, 0.2) is 0 Å². The predicted molar refractivity (Wildman–Crippen MR) is 109 cm³/mol. The summed E-state index contributed by atoms with van der Waals surface area (Å²) in [6, 6.07) is 16.9. The van der Waals surface area contributed by atoms with Crippen LogP contribution in [0.4, 0.5) is 10.5 Å². The lowest BCUT2D eigenvalue weighted by atomic mass is 9.90. The molecular weight excluding hydrogens is 320 g/mol. The monoisotopic (exact) mass is 350 g/mol. The quantitative estimate of drug-likeness (QED) is 0.764. The van der Waals surface area contributed by atoms with E-state index in [1.165, 1.54) is 11.1 Å². The number of amides is 2. The third-order valence-electron chi connectivity index (χ3n) is 5.43. The summed E-state index contributed by atoms with van der Waals surface area (Å²) in [5, 5.41) is 3.18. The molecule has 3 rings (SSSR count). The van der Waals surface area contributed by atoms with Crippen LogP contribution in [-0.4, -0.2) is 24.0 Å². The lowest BCUT2D eigenvalue weighted by molar-refractivity contribution is 0.182. The van der Waals surface area contributed by atoms with E-state index in [2.05, 4.69) is 74.6 Å². The first kappa shape index (κ1) is 18.5. The normalized spacial score (nSPS) is 15.3. The molecular formula is C23H30N2O. The number of hydrogen-bond acceptors (Lipinski definition) is 1. The van der Waals surface area contributed by atoms with E-state index in [9.17, 15) is 4.79 Å². The van der Waals surface area contributed by atoms with Gasteiger partial charge in [-0.1, -0.05) is 62.4 Å². The highest BCUT2D eigenvalue weighted by atomic mass is 16.2. The second-order valence-electron chi connectivity index (χ2n) is 7.74. The van der Waals surface area contributed by atoms with Crippen LogP contribution in [0.5, 0.6) is 0 Å². The molecule has 3 heteroatoms. The molecule has 2 aromatic carbocycles. The molecule has 0 aromatic heterocycles. The van der Waals surface area contributed by atoms with Gasteiger partial charge in [0.25, 0.3) is 0 Å². The number of carbonyl (C=O) groups is 1. The first-order chi connectivity index (χ1) is 12.5. The molecule has 3 nitrogen and oxygen atoms in total. The van der Waals surface area contributed by atoms with Crippen LogP contribution in [0.2, 0.25) is 0 Å².